The Hall–Kier alpha value is -0.770. The normalized spacial score (nSPS) is 12.2. The second kappa shape index (κ2) is 6.84. The molecule has 17 heavy (non-hydrogen) atoms. The molecule has 0 radical (unpaired) electrons. The molecule has 0 aromatic heterocycles. The van der Waals surface area contributed by atoms with Crippen LogP contribution in [0.15, 0.2) is 18.2 Å². The van der Waals surface area contributed by atoms with E-state index in [1.54, 1.807) is 0 Å². The van der Waals surface area contributed by atoms with Crippen LogP contribution in [0.5, 0.6) is 0 Å². The van der Waals surface area contributed by atoms with Crippen LogP contribution in [0.1, 0.15) is 11.1 Å². The predicted molar refractivity (Wildman–Crippen MR) is 69.6 cm³/mol. The predicted octanol–water partition coefficient (Wildman–Crippen LogP) is 2.52. The molecule has 0 aliphatic rings. The maximum absolute atomic E-state index is 11.0. The number of hydrogen-bond acceptors (Lipinski definition) is 3. The molecule has 94 valence electrons. The van der Waals surface area contributed by atoms with Gasteiger partial charge in [-0.3, -0.25) is 4.79 Å². The molecule has 0 aliphatic heterocycles. The average Bonchev–Trinajstić information content (AvgIpc) is 2.30. The van der Waals surface area contributed by atoms with Crippen LogP contribution in [-0.2, 0) is 16.1 Å². The molecule has 1 rings (SSSR count). The first kappa shape index (κ1) is 14.3. The van der Waals surface area contributed by atoms with Crippen LogP contribution in [-0.4, -0.2) is 25.0 Å². The number of methoxy groups -OCH3 is 1. The Bertz CT molecular complexity index is 396. The van der Waals surface area contributed by atoms with Gasteiger partial charge in [0, 0.05) is 18.1 Å². The van der Waals surface area contributed by atoms with Crippen molar-refractivity contribution in [2.45, 2.75) is 18.8 Å². The lowest BCUT2D eigenvalue weighted by molar-refractivity contribution is -0.140. The third-order valence-electron chi connectivity index (χ3n) is 2.30. The van der Waals surface area contributed by atoms with Gasteiger partial charge in [0.15, 0.2) is 0 Å². The standard InChI is InChI=1S/C12H15Cl2NO2/c1-8-3-4-9(10(13)5-8)6-15-7-11(14)12(16)17-2/h3-5,11,15H,6-7H2,1-2H3. The topological polar surface area (TPSA) is 38.3 Å². The van der Waals surface area contributed by atoms with E-state index in [0.29, 0.717) is 18.1 Å². The molecule has 1 atom stereocenters. The molecule has 0 amide bonds. The number of nitrogens with one attached hydrogen (secondary N) is 1. The molecule has 0 spiro atoms. The van der Waals surface area contributed by atoms with E-state index >= 15 is 0 Å². The van der Waals surface area contributed by atoms with E-state index in [-0.39, 0.29) is 0 Å². The van der Waals surface area contributed by atoms with E-state index in [2.05, 4.69) is 10.1 Å². The number of alkyl halides is 1. The molecule has 0 saturated carbocycles. The Morgan fingerprint density at radius 2 is 2.24 bits per heavy atom. The number of rotatable bonds is 5. The van der Waals surface area contributed by atoms with Gasteiger partial charge in [-0.15, -0.1) is 11.6 Å². The van der Waals surface area contributed by atoms with Gasteiger partial charge in [-0.2, -0.15) is 0 Å². The molecule has 0 bridgehead atoms. The fraction of sp³-hybridized carbons (Fsp3) is 0.417. The lowest BCUT2D eigenvalue weighted by atomic mass is 10.1. The maximum Gasteiger partial charge on any atom is 0.325 e. The zero-order valence-corrected chi connectivity index (χ0v) is 11.3. The first-order chi connectivity index (χ1) is 8.04. The molecular formula is C12H15Cl2NO2. The molecule has 1 N–H and O–H groups in total. The molecule has 0 fully saturated rings. The van der Waals surface area contributed by atoms with Crippen molar-refractivity contribution in [2.75, 3.05) is 13.7 Å². The Morgan fingerprint density at radius 3 is 2.82 bits per heavy atom. The lowest BCUT2D eigenvalue weighted by Crippen LogP contribution is -2.29. The van der Waals surface area contributed by atoms with Gasteiger partial charge in [0.25, 0.3) is 0 Å². The summed E-state index contributed by atoms with van der Waals surface area (Å²) >= 11 is 11.9. The van der Waals surface area contributed by atoms with Crippen molar-refractivity contribution in [1.29, 1.82) is 0 Å². The molecular weight excluding hydrogens is 261 g/mol. The molecule has 0 heterocycles. The maximum atomic E-state index is 11.0. The molecule has 1 aromatic rings. The molecule has 1 aromatic carbocycles. The number of aryl methyl sites for hydroxylation is 1. The first-order valence-corrected chi connectivity index (χ1v) is 6.03. The number of carbonyl (C=O) groups is 1. The average molecular weight is 276 g/mol. The third-order valence-corrected chi connectivity index (χ3v) is 2.99. The summed E-state index contributed by atoms with van der Waals surface area (Å²) in [4.78, 5) is 11.0. The summed E-state index contributed by atoms with van der Waals surface area (Å²) in [5.74, 6) is -0.436. The minimum absolute atomic E-state index is 0.346. The largest absolute Gasteiger partial charge is 0.468 e. The van der Waals surface area contributed by atoms with Crippen LogP contribution < -0.4 is 5.32 Å². The smallest absolute Gasteiger partial charge is 0.325 e. The highest BCUT2D eigenvalue weighted by atomic mass is 35.5. The van der Waals surface area contributed by atoms with Crippen molar-refractivity contribution < 1.29 is 9.53 Å². The van der Waals surface area contributed by atoms with Gasteiger partial charge in [0.1, 0.15) is 5.38 Å². The van der Waals surface area contributed by atoms with Crippen LogP contribution in [0.4, 0.5) is 0 Å². The Kier molecular flexibility index (Phi) is 5.75. The molecule has 0 saturated heterocycles. The van der Waals surface area contributed by atoms with E-state index in [1.165, 1.54) is 7.11 Å². The molecule has 0 aliphatic carbocycles. The highest BCUT2D eigenvalue weighted by Gasteiger charge is 2.14. The van der Waals surface area contributed by atoms with Gasteiger partial charge >= 0.3 is 5.97 Å². The van der Waals surface area contributed by atoms with E-state index < -0.39 is 11.3 Å². The zero-order chi connectivity index (χ0) is 12.8. The summed E-state index contributed by atoms with van der Waals surface area (Å²) in [6, 6.07) is 5.84. The van der Waals surface area contributed by atoms with Crippen molar-refractivity contribution >= 4 is 29.2 Å². The first-order valence-electron chi connectivity index (χ1n) is 5.22. The Labute approximate surface area is 111 Å². The number of hydrogen-bond donors (Lipinski definition) is 1. The summed E-state index contributed by atoms with van der Waals surface area (Å²) in [5.41, 5.74) is 2.09. The van der Waals surface area contributed by atoms with Gasteiger partial charge < -0.3 is 10.1 Å². The highest BCUT2D eigenvalue weighted by molar-refractivity contribution is 6.31. The molecule has 3 nitrogen and oxygen atoms in total. The second-order valence-corrected chi connectivity index (χ2v) is 4.65. The lowest BCUT2D eigenvalue weighted by Gasteiger charge is -2.10. The van der Waals surface area contributed by atoms with Crippen LogP contribution in [0.2, 0.25) is 5.02 Å². The van der Waals surface area contributed by atoms with Gasteiger partial charge in [-0.25, -0.2) is 0 Å². The Morgan fingerprint density at radius 1 is 1.53 bits per heavy atom. The Balaban J connectivity index is 2.43. The molecule has 1 unspecified atom stereocenters. The summed E-state index contributed by atoms with van der Waals surface area (Å²) in [6.45, 7) is 2.90. The van der Waals surface area contributed by atoms with Crippen molar-refractivity contribution in [3.05, 3.63) is 34.3 Å². The monoisotopic (exact) mass is 275 g/mol. The van der Waals surface area contributed by atoms with Crippen LogP contribution in [0.3, 0.4) is 0 Å². The van der Waals surface area contributed by atoms with Gasteiger partial charge in [-0.1, -0.05) is 23.7 Å². The van der Waals surface area contributed by atoms with Crippen LogP contribution >= 0.6 is 23.2 Å². The SMILES string of the molecule is COC(=O)C(Cl)CNCc1ccc(C)cc1Cl. The summed E-state index contributed by atoms with van der Waals surface area (Å²) < 4.78 is 4.52. The van der Waals surface area contributed by atoms with E-state index in [0.717, 1.165) is 11.1 Å². The van der Waals surface area contributed by atoms with Crippen molar-refractivity contribution in [2.24, 2.45) is 0 Å². The van der Waals surface area contributed by atoms with E-state index in [4.69, 9.17) is 23.2 Å². The van der Waals surface area contributed by atoms with Gasteiger partial charge in [-0.05, 0) is 24.1 Å². The zero-order valence-electron chi connectivity index (χ0n) is 9.80. The second-order valence-electron chi connectivity index (χ2n) is 3.72. The fourth-order valence-electron chi connectivity index (χ4n) is 1.34. The van der Waals surface area contributed by atoms with Gasteiger partial charge in [0.05, 0.1) is 7.11 Å². The van der Waals surface area contributed by atoms with E-state index in [9.17, 15) is 4.79 Å². The summed E-state index contributed by atoms with van der Waals surface area (Å²) in [7, 11) is 1.31. The van der Waals surface area contributed by atoms with Crippen LogP contribution in [0.25, 0.3) is 0 Å². The number of benzene rings is 1. The van der Waals surface area contributed by atoms with Crippen LogP contribution in [0, 0.1) is 6.92 Å². The minimum atomic E-state index is -0.677. The number of ether oxygens (including phenoxy) is 1. The number of esters is 1. The number of carbonyl (C=O) groups excluding carboxylic acids is 1. The summed E-state index contributed by atoms with van der Waals surface area (Å²) in [5, 5.41) is 3.09. The van der Waals surface area contributed by atoms with E-state index in [1.807, 2.05) is 25.1 Å². The van der Waals surface area contributed by atoms with Gasteiger partial charge in [0.2, 0.25) is 0 Å². The fourth-order valence-corrected chi connectivity index (χ4v) is 1.84. The third kappa shape index (κ3) is 4.54. The summed E-state index contributed by atoms with van der Waals surface area (Å²) in [6.07, 6.45) is 0. The quantitative estimate of drug-likeness (QED) is 0.663. The van der Waals surface area contributed by atoms with Crippen molar-refractivity contribution in [1.82, 2.24) is 5.32 Å². The van der Waals surface area contributed by atoms with Crippen molar-refractivity contribution in [3.63, 3.8) is 0 Å². The minimum Gasteiger partial charge on any atom is -0.468 e. The highest BCUT2D eigenvalue weighted by Crippen LogP contribution is 2.17. The number of halogens is 2. The molecule has 5 heteroatoms. The van der Waals surface area contributed by atoms with Crippen molar-refractivity contribution in [3.8, 4) is 0 Å².